The number of nitrogens with zero attached hydrogens (tertiary/aromatic N) is 1. The minimum atomic E-state index is 0.0654. The largest absolute Gasteiger partial charge is 0.322 e. The molecule has 0 aliphatic rings. The third-order valence-electron chi connectivity index (χ3n) is 2.12. The lowest BCUT2D eigenvalue weighted by Crippen LogP contribution is -2.19. The molecule has 1 aromatic rings. The van der Waals surface area contributed by atoms with Crippen LogP contribution in [0, 0.1) is 5.92 Å². The highest BCUT2D eigenvalue weighted by atomic mass is 79.9. The molecule has 1 heterocycles. The molecule has 0 spiro atoms. The second-order valence-electron chi connectivity index (χ2n) is 2.92. The molecule has 0 fully saturated rings. The van der Waals surface area contributed by atoms with Crippen molar-refractivity contribution in [2.24, 2.45) is 11.7 Å². The minimum absolute atomic E-state index is 0.0654. The molecule has 68 valence electrons. The highest BCUT2D eigenvalue weighted by molar-refractivity contribution is 9.11. The molecule has 0 aliphatic carbocycles. The van der Waals surface area contributed by atoms with Crippen LogP contribution in [0.3, 0.4) is 0 Å². The molecule has 4 heteroatoms. The Morgan fingerprint density at radius 3 is 2.83 bits per heavy atom. The van der Waals surface area contributed by atoms with Gasteiger partial charge in [-0.2, -0.15) is 0 Å². The molecule has 0 amide bonds. The molecule has 2 atom stereocenters. The zero-order valence-corrected chi connectivity index (χ0v) is 9.65. The van der Waals surface area contributed by atoms with Gasteiger partial charge in [0, 0.05) is 0 Å². The Kier molecular flexibility index (Phi) is 3.68. The third kappa shape index (κ3) is 2.06. The van der Waals surface area contributed by atoms with E-state index in [1.807, 2.05) is 5.51 Å². The molecular weight excluding hydrogens is 236 g/mol. The van der Waals surface area contributed by atoms with Crippen molar-refractivity contribution in [3.05, 3.63) is 15.0 Å². The summed E-state index contributed by atoms with van der Waals surface area (Å²) in [6, 6.07) is 0.0654. The first-order valence-electron chi connectivity index (χ1n) is 4.01. The fraction of sp³-hybridized carbons (Fsp3) is 0.625. The summed E-state index contributed by atoms with van der Waals surface area (Å²) in [4.78, 5) is 4.23. The lowest BCUT2D eigenvalue weighted by atomic mass is 9.98. The van der Waals surface area contributed by atoms with Crippen molar-refractivity contribution in [2.45, 2.75) is 26.3 Å². The molecule has 0 saturated heterocycles. The van der Waals surface area contributed by atoms with E-state index in [0.29, 0.717) is 5.92 Å². The van der Waals surface area contributed by atoms with Gasteiger partial charge in [-0.1, -0.05) is 20.3 Å². The van der Waals surface area contributed by atoms with Crippen LogP contribution in [0.1, 0.15) is 32.0 Å². The number of aromatic nitrogens is 1. The van der Waals surface area contributed by atoms with Crippen LogP contribution >= 0.6 is 27.3 Å². The Morgan fingerprint density at radius 1 is 1.75 bits per heavy atom. The summed E-state index contributed by atoms with van der Waals surface area (Å²) >= 11 is 5.03. The lowest BCUT2D eigenvalue weighted by molar-refractivity contribution is 0.449. The zero-order valence-electron chi connectivity index (χ0n) is 7.25. The summed E-state index contributed by atoms with van der Waals surface area (Å²) < 4.78 is 1.07. The van der Waals surface area contributed by atoms with E-state index in [9.17, 15) is 0 Å². The van der Waals surface area contributed by atoms with E-state index in [2.05, 4.69) is 34.8 Å². The van der Waals surface area contributed by atoms with Crippen LogP contribution < -0.4 is 5.73 Å². The van der Waals surface area contributed by atoms with Crippen LogP contribution in [0.5, 0.6) is 0 Å². The molecule has 0 aromatic carbocycles. The molecule has 0 bridgehead atoms. The fourth-order valence-corrected chi connectivity index (χ4v) is 2.17. The van der Waals surface area contributed by atoms with Gasteiger partial charge in [0.25, 0.3) is 0 Å². The van der Waals surface area contributed by atoms with Gasteiger partial charge >= 0.3 is 0 Å². The maximum atomic E-state index is 6.01. The van der Waals surface area contributed by atoms with Gasteiger partial charge in [-0.05, 0) is 21.8 Å². The molecule has 12 heavy (non-hydrogen) atoms. The molecule has 0 radical (unpaired) electrons. The van der Waals surface area contributed by atoms with E-state index in [1.54, 1.807) is 11.3 Å². The maximum absolute atomic E-state index is 6.01. The molecule has 1 rings (SSSR count). The monoisotopic (exact) mass is 248 g/mol. The van der Waals surface area contributed by atoms with Crippen LogP contribution in [0.4, 0.5) is 0 Å². The molecule has 0 aliphatic heterocycles. The first-order valence-corrected chi connectivity index (χ1v) is 5.68. The van der Waals surface area contributed by atoms with Crippen molar-refractivity contribution in [1.82, 2.24) is 4.98 Å². The SMILES string of the molecule is CCC(C)C(N)c1ncsc1Br. The van der Waals surface area contributed by atoms with Crippen molar-refractivity contribution in [2.75, 3.05) is 0 Å². The van der Waals surface area contributed by atoms with Crippen molar-refractivity contribution in [1.29, 1.82) is 0 Å². The number of hydrogen-bond acceptors (Lipinski definition) is 3. The van der Waals surface area contributed by atoms with Crippen LogP contribution in [0.15, 0.2) is 9.30 Å². The van der Waals surface area contributed by atoms with Gasteiger partial charge in [-0.25, -0.2) is 4.98 Å². The molecule has 2 unspecified atom stereocenters. The topological polar surface area (TPSA) is 38.9 Å². The predicted octanol–water partition coefficient (Wildman–Crippen LogP) is 2.95. The van der Waals surface area contributed by atoms with E-state index in [1.165, 1.54) is 0 Å². The van der Waals surface area contributed by atoms with E-state index >= 15 is 0 Å². The number of rotatable bonds is 3. The molecule has 2 nitrogen and oxygen atoms in total. The number of thiazole rings is 1. The Labute approximate surface area is 85.3 Å². The normalized spacial score (nSPS) is 16.0. The van der Waals surface area contributed by atoms with Gasteiger partial charge in [-0.3, -0.25) is 0 Å². The second kappa shape index (κ2) is 4.35. The predicted molar refractivity (Wildman–Crippen MR) is 56.2 cm³/mol. The quantitative estimate of drug-likeness (QED) is 0.894. The van der Waals surface area contributed by atoms with Gasteiger partial charge in [0.05, 0.1) is 21.0 Å². The maximum Gasteiger partial charge on any atom is 0.0945 e. The first-order chi connectivity index (χ1) is 5.66. The molecule has 2 N–H and O–H groups in total. The lowest BCUT2D eigenvalue weighted by Gasteiger charge is -2.16. The van der Waals surface area contributed by atoms with Crippen LogP contribution in [-0.2, 0) is 0 Å². The van der Waals surface area contributed by atoms with E-state index < -0.39 is 0 Å². The number of hydrogen-bond donors (Lipinski definition) is 1. The smallest absolute Gasteiger partial charge is 0.0945 e. The summed E-state index contributed by atoms with van der Waals surface area (Å²) in [5.41, 5.74) is 8.82. The van der Waals surface area contributed by atoms with Gasteiger partial charge in [-0.15, -0.1) is 11.3 Å². The van der Waals surface area contributed by atoms with Crippen LogP contribution in [0.25, 0.3) is 0 Å². The fourth-order valence-electron chi connectivity index (χ4n) is 0.981. The van der Waals surface area contributed by atoms with Gasteiger partial charge in [0.15, 0.2) is 0 Å². The second-order valence-corrected chi connectivity index (χ2v) is 5.10. The highest BCUT2D eigenvalue weighted by Gasteiger charge is 2.17. The van der Waals surface area contributed by atoms with Crippen LogP contribution in [-0.4, -0.2) is 4.98 Å². The van der Waals surface area contributed by atoms with Crippen molar-refractivity contribution in [3.63, 3.8) is 0 Å². The average Bonchev–Trinajstić information content (AvgIpc) is 2.48. The van der Waals surface area contributed by atoms with Crippen molar-refractivity contribution < 1.29 is 0 Å². The Hall–Kier alpha value is 0.0700. The summed E-state index contributed by atoms with van der Waals surface area (Å²) in [5, 5.41) is 0. The van der Waals surface area contributed by atoms with Crippen molar-refractivity contribution >= 4 is 27.3 Å². The summed E-state index contributed by atoms with van der Waals surface area (Å²) in [6.45, 7) is 4.29. The van der Waals surface area contributed by atoms with Crippen LogP contribution in [0.2, 0.25) is 0 Å². The Morgan fingerprint density at radius 2 is 2.42 bits per heavy atom. The molecular formula is C8H13BrN2S. The zero-order chi connectivity index (χ0) is 9.14. The van der Waals surface area contributed by atoms with Crippen molar-refractivity contribution in [3.8, 4) is 0 Å². The third-order valence-corrected chi connectivity index (χ3v) is 3.72. The summed E-state index contributed by atoms with van der Waals surface area (Å²) in [5.74, 6) is 0.489. The first kappa shape index (κ1) is 10.2. The van der Waals surface area contributed by atoms with Gasteiger partial charge < -0.3 is 5.73 Å². The standard InChI is InChI=1S/C8H13BrN2S/c1-3-5(2)6(10)7-8(9)12-4-11-7/h4-6H,3,10H2,1-2H3. The number of nitrogens with two attached hydrogens (primary N) is 1. The number of halogens is 1. The van der Waals surface area contributed by atoms with E-state index in [-0.39, 0.29) is 6.04 Å². The molecule has 1 aromatic heterocycles. The Balaban J connectivity index is 2.77. The van der Waals surface area contributed by atoms with Gasteiger partial charge in [0.1, 0.15) is 0 Å². The Bertz CT molecular complexity index is 249. The van der Waals surface area contributed by atoms with E-state index in [4.69, 9.17) is 5.73 Å². The summed E-state index contributed by atoms with van der Waals surface area (Å²) in [7, 11) is 0. The van der Waals surface area contributed by atoms with E-state index in [0.717, 1.165) is 15.9 Å². The minimum Gasteiger partial charge on any atom is -0.322 e. The highest BCUT2D eigenvalue weighted by Crippen LogP contribution is 2.29. The van der Waals surface area contributed by atoms with Gasteiger partial charge in [0.2, 0.25) is 0 Å². The summed E-state index contributed by atoms with van der Waals surface area (Å²) in [6.07, 6.45) is 1.09. The average molecular weight is 249 g/mol. The molecule has 0 saturated carbocycles.